The molecule has 0 bridgehead atoms. The van der Waals surface area contributed by atoms with Crippen molar-refractivity contribution in [3.8, 4) is 0 Å². The maximum absolute atomic E-state index is 12.8. The summed E-state index contributed by atoms with van der Waals surface area (Å²) in [6.07, 6.45) is 5.55. The van der Waals surface area contributed by atoms with E-state index in [4.69, 9.17) is 0 Å². The zero-order chi connectivity index (χ0) is 18.7. The van der Waals surface area contributed by atoms with Gasteiger partial charge in [-0.25, -0.2) is 4.39 Å². The van der Waals surface area contributed by atoms with Crippen LogP contribution >= 0.6 is 0 Å². The molecule has 2 heteroatoms. The number of allylic oxidation sites excluding steroid dienone is 1. The van der Waals surface area contributed by atoms with E-state index in [0.717, 1.165) is 24.3 Å². The molecule has 0 aliphatic rings. The third-order valence-corrected chi connectivity index (χ3v) is 2.87. The highest BCUT2D eigenvalue weighted by Crippen LogP contribution is 2.11. The lowest BCUT2D eigenvalue weighted by atomic mass is 10.0. The first-order chi connectivity index (χ1) is 10.9. The van der Waals surface area contributed by atoms with Gasteiger partial charge in [0.15, 0.2) is 0 Å². The number of hydrogen-bond donors (Lipinski definition) is 1. The van der Waals surface area contributed by atoms with Gasteiger partial charge in [-0.2, -0.15) is 0 Å². The molecule has 1 atom stereocenters. The largest absolute Gasteiger partial charge is 0.333 e. The molecule has 0 saturated carbocycles. The van der Waals surface area contributed by atoms with E-state index < -0.39 is 0 Å². The van der Waals surface area contributed by atoms with Crippen molar-refractivity contribution in [2.75, 3.05) is 7.05 Å². The Bertz CT molecular complexity index is 361. The predicted octanol–water partition coefficient (Wildman–Crippen LogP) is 6.77. The van der Waals surface area contributed by atoms with Gasteiger partial charge >= 0.3 is 0 Å². The number of hydrogen-bond acceptors (Lipinski definition) is 1. The van der Waals surface area contributed by atoms with Crippen molar-refractivity contribution in [2.24, 2.45) is 11.7 Å². The van der Waals surface area contributed by atoms with Gasteiger partial charge in [-0.15, -0.1) is 6.58 Å². The van der Waals surface area contributed by atoms with Gasteiger partial charge in [0, 0.05) is 0 Å². The molecule has 0 aliphatic heterocycles. The van der Waals surface area contributed by atoms with Gasteiger partial charge in [0.25, 0.3) is 0 Å². The Morgan fingerprint density at radius 1 is 1.13 bits per heavy atom. The van der Waals surface area contributed by atoms with Crippen LogP contribution in [-0.4, -0.2) is 7.05 Å². The summed E-state index contributed by atoms with van der Waals surface area (Å²) in [7, 11) is 1.50. The minimum Gasteiger partial charge on any atom is -0.333 e. The lowest BCUT2D eigenvalue weighted by molar-refractivity contribution is 0.558. The Morgan fingerprint density at radius 2 is 1.61 bits per heavy atom. The highest BCUT2D eigenvalue weighted by atomic mass is 19.1. The van der Waals surface area contributed by atoms with Crippen molar-refractivity contribution in [3.63, 3.8) is 0 Å². The first-order valence-electron chi connectivity index (χ1n) is 8.88. The van der Waals surface area contributed by atoms with E-state index in [1.54, 1.807) is 6.07 Å². The van der Waals surface area contributed by atoms with Gasteiger partial charge in [-0.05, 0) is 44.4 Å². The minimum absolute atomic E-state index is 0.0793. The van der Waals surface area contributed by atoms with Crippen LogP contribution in [0.3, 0.4) is 0 Å². The van der Waals surface area contributed by atoms with Crippen LogP contribution < -0.4 is 5.73 Å². The molecule has 0 aromatic heterocycles. The van der Waals surface area contributed by atoms with E-state index >= 15 is 0 Å². The van der Waals surface area contributed by atoms with Crippen LogP contribution in [0.4, 0.5) is 4.39 Å². The van der Waals surface area contributed by atoms with E-state index in [9.17, 15) is 4.39 Å². The number of halogens is 1. The van der Waals surface area contributed by atoms with Gasteiger partial charge in [0.2, 0.25) is 0 Å². The second-order valence-corrected chi connectivity index (χ2v) is 5.72. The number of benzene rings is 1. The van der Waals surface area contributed by atoms with Crippen molar-refractivity contribution < 1.29 is 4.39 Å². The fourth-order valence-electron chi connectivity index (χ4n) is 1.71. The fourth-order valence-corrected chi connectivity index (χ4v) is 1.71. The van der Waals surface area contributed by atoms with Crippen molar-refractivity contribution in [1.29, 1.82) is 0 Å². The molecule has 1 aromatic carbocycles. The molecule has 0 spiro atoms. The lowest BCUT2D eigenvalue weighted by Gasteiger charge is -2.05. The van der Waals surface area contributed by atoms with Crippen LogP contribution in [-0.2, 0) is 6.42 Å². The minimum atomic E-state index is -0.0793. The Hall–Kier alpha value is -1.15. The van der Waals surface area contributed by atoms with Gasteiger partial charge in [-0.3, -0.25) is 0 Å². The smallest absolute Gasteiger partial charge is 0.126 e. The van der Waals surface area contributed by atoms with Gasteiger partial charge < -0.3 is 5.73 Å². The molecule has 23 heavy (non-hydrogen) atoms. The molecule has 0 saturated heterocycles. The van der Waals surface area contributed by atoms with E-state index in [2.05, 4.69) is 46.9 Å². The van der Waals surface area contributed by atoms with Crippen LogP contribution in [0, 0.1) is 11.7 Å². The summed E-state index contributed by atoms with van der Waals surface area (Å²) in [5.41, 5.74) is 6.63. The summed E-state index contributed by atoms with van der Waals surface area (Å²) in [6.45, 7) is 16.7. The SMILES string of the molecule is C=C(C)CC(C)CC.CCC.CCCc1ccccc1F.CN. The van der Waals surface area contributed by atoms with Gasteiger partial charge in [0.1, 0.15) is 5.82 Å². The van der Waals surface area contributed by atoms with Crippen molar-refractivity contribution in [3.05, 3.63) is 47.8 Å². The Balaban J connectivity index is -0.000000277. The second kappa shape index (κ2) is 20.9. The summed E-state index contributed by atoms with van der Waals surface area (Å²) in [4.78, 5) is 0. The van der Waals surface area contributed by atoms with E-state index in [-0.39, 0.29) is 5.82 Å². The lowest BCUT2D eigenvalue weighted by Crippen LogP contribution is -1.90. The van der Waals surface area contributed by atoms with Crippen molar-refractivity contribution in [1.82, 2.24) is 0 Å². The summed E-state index contributed by atoms with van der Waals surface area (Å²) in [5.74, 6) is 0.747. The predicted molar refractivity (Wildman–Crippen MR) is 105 cm³/mol. The molecule has 0 fully saturated rings. The summed E-state index contributed by atoms with van der Waals surface area (Å²) in [6, 6.07) is 6.92. The fraction of sp³-hybridized carbons (Fsp3) is 0.619. The van der Waals surface area contributed by atoms with Crippen molar-refractivity contribution >= 4 is 0 Å². The Kier molecular flexibility index (Phi) is 24.2. The molecule has 136 valence electrons. The molecule has 0 amide bonds. The average Bonchev–Trinajstić information content (AvgIpc) is 2.52. The van der Waals surface area contributed by atoms with Gasteiger partial charge in [-0.1, -0.05) is 77.7 Å². The quantitative estimate of drug-likeness (QED) is 0.594. The van der Waals surface area contributed by atoms with Crippen LogP contribution in [0.5, 0.6) is 0 Å². The van der Waals surface area contributed by atoms with Crippen LogP contribution in [0.25, 0.3) is 0 Å². The van der Waals surface area contributed by atoms with Crippen LogP contribution in [0.2, 0.25) is 0 Å². The summed E-state index contributed by atoms with van der Waals surface area (Å²) >= 11 is 0. The first kappa shape index (κ1) is 26.7. The topological polar surface area (TPSA) is 26.0 Å². The summed E-state index contributed by atoms with van der Waals surface area (Å²) < 4.78 is 12.8. The normalized spacial score (nSPS) is 9.96. The number of rotatable bonds is 5. The molecule has 2 N–H and O–H groups in total. The molecule has 1 unspecified atom stereocenters. The summed E-state index contributed by atoms with van der Waals surface area (Å²) in [5, 5.41) is 0. The standard InChI is InChI=1S/C9H11F.C8H16.C3H8.CH5N/c1-2-5-8-6-3-4-7-9(8)10;1-5-8(4)6-7(2)3;1-3-2;1-2/h3-4,6-7H,2,5H2,1H3;8H,2,5-6H2,1,3-4H3;3H2,1-2H3;2H2,1H3. The zero-order valence-electron chi connectivity index (χ0n) is 16.6. The Morgan fingerprint density at radius 3 is 1.91 bits per heavy atom. The molecule has 0 aliphatic carbocycles. The number of nitrogens with two attached hydrogens (primary N) is 1. The van der Waals surface area contributed by atoms with Crippen LogP contribution in [0.1, 0.15) is 72.8 Å². The molecule has 1 aromatic rings. The van der Waals surface area contributed by atoms with E-state index in [0.29, 0.717) is 0 Å². The highest BCUT2D eigenvalue weighted by molar-refractivity contribution is 5.16. The average molecular weight is 326 g/mol. The molecule has 0 heterocycles. The van der Waals surface area contributed by atoms with Crippen molar-refractivity contribution in [2.45, 2.75) is 73.6 Å². The van der Waals surface area contributed by atoms with E-state index in [1.165, 1.54) is 37.9 Å². The molecule has 0 radical (unpaired) electrons. The molecule has 1 rings (SSSR count). The number of aryl methyl sites for hydroxylation is 1. The van der Waals surface area contributed by atoms with Gasteiger partial charge in [0.05, 0.1) is 0 Å². The second-order valence-electron chi connectivity index (χ2n) is 5.72. The zero-order valence-corrected chi connectivity index (χ0v) is 16.6. The molecular formula is C21H40FN. The highest BCUT2D eigenvalue weighted by Gasteiger charge is 1.96. The maximum Gasteiger partial charge on any atom is 0.126 e. The third kappa shape index (κ3) is 20.9. The monoisotopic (exact) mass is 325 g/mol. The first-order valence-corrected chi connectivity index (χ1v) is 8.88. The Labute approximate surface area is 145 Å². The maximum atomic E-state index is 12.8. The molecular weight excluding hydrogens is 285 g/mol. The van der Waals surface area contributed by atoms with E-state index in [1.807, 2.05) is 19.1 Å². The molecule has 1 nitrogen and oxygen atoms in total. The third-order valence-electron chi connectivity index (χ3n) is 2.87. The van der Waals surface area contributed by atoms with Crippen LogP contribution in [0.15, 0.2) is 36.4 Å².